The third-order valence-electron chi connectivity index (χ3n) is 4.77. The van der Waals surface area contributed by atoms with Gasteiger partial charge in [0.1, 0.15) is 11.4 Å². The van der Waals surface area contributed by atoms with Crippen molar-refractivity contribution in [2.45, 2.75) is 32.2 Å². The van der Waals surface area contributed by atoms with Crippen molar-refractivity contribution in [3.63, 3.8) is 0 Å². The van der Waals surface area contributed by atoms with Gasteiger partial charge in [0, 0.05) is 19.1 Å². The first kappa shape index (κ1) is 17.0. The Kier molecular flexibility index (Phi) is 4.63. The highest BCUT2D eigenvalue weighted by atomic mass is 32.2. The number of hydrogen-bond donors (Lipinski definition) is 1. The van der Waals surface area contributed by atoms with Crippen LogP contribution in [0.3, 0.4) is 0 Å². The van der Waals surface area contributed by atoms with Crippen LogP contribution in [0.1, 0.15) is 40.4 Å². The summed E-state index contributed by atoms with van der Waals surface area (Å²) >= 11 is 1.78. The van der Waals surface area contributed by atoms with Crippen molar-refractivity contribution in [3.05, 3.63) is 53.0 Å². The van der Waals surface area contributed by atoms with E-state index in [1.54, 1.807) is 17.8 Å². The second kappa shape index (κ2) is 7.07. The third kappa shape index (κ3) is 3.19. The molecule has 6 nitrogen and oxygen atoms in total. The van der Waals surface area contributed by atoms with Crippen molar-refractivity contribution in [1.29, 1.82) is 0 Å². The molecule has 2 aromatic heterocycles. The molecule has 2 heterocycles. The Labute approximate surface area is 156 Å². The molecule has 0 spiro atoms. The minimum absolute atomic E-state index is 0.0364. The summed E-state index contributed by atoms with van der Waals surface area (Å²) in [5.41, 5.74) is 3.91. The van der Waals surface area contributed by atoms with E-state index in [4.69, 9.17) is 10.1 Å². The fourth-order valence-corrected chi connectivity index (χ4v) is 3.81. The average Bonchev–Trinajstić information content (AvgIpc) is 3.35. The van der Waals surface area contributed by atoms with E-state index in [2.05, 4.69) is 40.7 Å². The number of Topliss-reactive ketones (excluding diaryl/α,β-unsaturated/α-hetero) is 1. The van der Waals surface area contributed by atoms with Crippen molar-refractivity contribution in [2.75, 3.05) is 12.0 Å². The van der Waals surface area contributed by atoms with Crippen molar-refractivity contribution >= 4 is 17.5 Å². The normalized spacial score (nSPS) is 13.9. The van der Waals surface area contributed by atoms with Crippen molar-refractivity contribution < 1.29 is 4.79 Å². The van der Waals surface area contributed by atoms with E-state index in [-0.39, 0.29) is 11.8 Å². The second-order valence-corrected chi connectivity index (χ2v) is 7.58. The maximum atomic E-state index is 11.6. The Hall–Kier alpha value is -2.41. The lowest BCUT2D eigenvalue weighted by Crippen LogP contribution is -2.13. The number of carbonyl (C=O) groups excluding carboxylic acids is 1. The zero-order valence-corrected chi connectivity index (χ0v) is 15.7. The first-order valence-corrected chi connectivity index (χ1v) is 10.1. The van der Waals surface area contributed by atoms with Gasteiger partial charge in [-0.25, -0.2) is 9.67 Å². The molecule has 0 amide bonds. The highest BCUT2D eigenvalue weighted by Gasteiger charge is 2.27. The number of benzene rings is 1. The topological polar surface area (TPSA) is 76.5 Å². The lowest BCUT2D eigenvalue weighted by molar-refractivity contribution is 0.101. The van der Waals surface area contributed by atoms with Gasteiger partial charge < -0.3 is 0 Å². The van der Waals surface area contributed by atoms with Gasteiger partial charge in [0.15, 0.2) is 17.4 Å². The van der Waals surface area contributed by atoms with E-state index in [1.165, 1.54) is 18.1 Å². The van der Waals surface area contributed by atoms with Gasteiger partial charge in [-0.15, -0.1) is 0 Å². The molecule has 4 rings (SSSR count). The van der Waals surface area contributed by atoms with Gasteiger partial charge in [-0.3, -0.25) is 9.89 Å². The standard InChI is InChI=1S/C19H21N5OS/c1-12(25)16-11-17(22-21-16)19-20-18(7-8-26-2)23-24(19)15-9-13-5-3-4-6-14(13)10-15/h3-6,11,15H,7-10H2,1-2H3,(H,21,22). The van der Waals surface area contributed by atoms with Gasteiger partial charge in [-0.2, -0.15) is 22.0 Å². The number of hydrogen-bond acceptors (Lipinski definition) is 5. The number of ketones is 1. The second-order valence-electron chi connectivity index (χ2n) is 6.59. The number of carbonyl (C=O) groups is 1. The molecule has 0 atom stereocenters. The Bertz CT molecular complexity index is 920. The molecular weight excluding hydrogens is 346 g/mol. The monoisotopic (exact) mass is 367 g/mol. The van der Waals surface area contributed by atoms with Gasteiger partial charge in [0.2, 0.25) is 0 Å². The summed E-state index contributed by atoms with van der Waals surface area (Å²) < 4.78 is 2.01. The van der Waals surface area contributed by atoms with E-state index in [9.17, 15) is 4.79 Å². The molecule has 1 aliphatic carbocycles. The molecule has 0 fully saturated rings. The number of rotatable bonds is 6. The molecule has 0 aliphatic heterocycles. The molecule has 26 heavy (non-hydrogen) atoms. The van der Waals surface area contributed by atoms with E-state index < -0.39 is 0 Å². The van der Waals surface area contributed by atoms with E-state index in [0.29, 0.717) is 11.4 Å². The number of nitrogens with one attached hydrogen (secondary N) is 1. The fourth-order valence-electron chi connectivity index (χ4n) is 3.42. The van der Waals surface area contributed by atoms with Crippen LogP contribution in [0.5, 0.6) is 0 Å². The molecule has 1 aliphatic rings. The number of fused-ring (bicyclic) bond motifs is 1. The summed E-state index contributed by atoms with van der Waals surface area (Å²) in [6.07, 6.45) is 4.79. The lowest BCUT2D eigenvalue weighted by atomic mass is 10.1. The Morgan fingerprint density at radius 1 is 1.31 bits per heavy atom. The number of nitrogens with zero attached hydrogens (tertiary/aromatic N) is 4. The largest absolute Gasteiger partial charge is 0.293 e. The SMILES string of the molecule is CSCCc1nc(-c2cc(C(C)=O)[nH]n2)n(C2Cc3ccccc3C2)n1. The number of aromatic amines is 1. The lowest BCUT2D eigenvalue weighted by Gasteiger charge is -2.11. The molecule has 0 bridgehead atoms. The van der Waals surface area contributed by atoms with Gasteiger partial charge >= 0.3 is 0 Å². The van der Waals surface area contributed by atoms with E-state index in [1.807, 2.05) is 4.68 Å². The van der Waals surface area contributed by atoms with Gasteiger partial charge in [0.25, 0.3) is 0 Å². The third-order valence-corrected chi connectivity index (χ3v) is 5.38. The van der Waals surface area contributed by atoms with E-state index in [0.717, 1.165) is 36.7 Å². The summed E-state index contributed by atoms with van der Waals surface area (Å²) in [4.78, 5) is 16.4. The molecule has 0 saturated heterocycles. The van der Waals surface area contributed by atoms with Crippen LogP contribution < -0.4 is 0 Å². The summed E-state index contributed by atoms with van der Waals surface area (Å²) in [6.45, 7) is 1.53. The van der Waals surface area contributed by atoms with Crippen LogP contribution in [0, 0.1) is 0 Å². The van der Waals surface area contributed by atoms with Gasteiger partial charge in [-0.1, -0.05) is 24.3 Å². The highest BCUT2D eigenvalue weighted by Crippen LogP contribution is 2.32. The zero-order valence-electron chi connectivity index (χ0n) is 14.9. The predicted molar refractivity (Wildman–Crippen MR) is 103 cm³/mol. The first-order valence-electron chi connectivity index (χ1n) is 8.73. The highest BCUT2D eigenvalue weighted by molar-refractivity contribution is 7.98. The van der Waals surface area contributed by atoms with Crippen LogP contribution in [0.4, 0.5) is 0 Å². The van der Waals surface area contributed by atoms with Crippen LogP contribution in [0.15, 0.2) is 30.3 Å². The maximum Gasteiger partial charge on any atom is 0.179 e. The molecule has 3 aromatic rings. The fraction of sp³-hybridized carbons (Fsp3) is 0.368. The predicted octanol–water partition coefficient (Wildman–Crippen LogP) is 3.12. The Morgan fingerprint density at radius 2 is 2.04 bits per heavy atom. The van der Waals surface area contributed by atoms with E-state index >= 15 is 0 Å². The average molecular weight is 367 g/mol. The van der Waals surface area contributed by atoms with Crippen LogP contribution >= 0.6 is 11.8 Å². The molecule has 0 radical (unpaired) electrons. The molecule has 7 heteroatoms. The summed E-state index contributed by atoms with van der Waals surface area (Å²) in [6, 6.07) is 10.5. The molecule has 0 unspecified atom stereocenters. The van der Waals surface area contributed by atoms with Crippen LogP contribution in [-0.4, -0.2) is 42.8 Å². The maximum absolute atomic E-state index is 11.6. The number of aromatic nitrogens is 5. The van der Waals surface area contributed by atoms with Crippen LogP contribution in [0.25, 0.3) is 11.5 Å². The molecule has 1 aromatic carbocycles. The summed E-state index contributed by atoms with van der Waals surface area (Å²) in [7, 11) is 0. The Balaban J connectivity index is 1.70. The summed E-state index contributed by atoms with van der Waals surface area (Å²) in [5.74, 6) is 2.51. The number of aryl methyl sites for hydroxylation is 1. The quantitative estimate of drug-likeness (QED) is 0.678. The molecule has 134 valence electrons. The molecular formula is C19H21N5OS. The first-order chi connectivity index (χ1) is 12.7. The van der Waals surface area contributed by atoms with Crippen molar-refractivity contribution in [2.24, 2.45) is 0 Å². The molecule has 1 N–H and O–H groups in total. The minimum Gasteiger partial charge on any atom is -0.293 e. The number of thioether (sulfide) groups is 1. The van der Waals surface area contributed by atoms with Crippen LogP contribution in [-0.2, 0) is 19.3 Å². The van der Waals surface area contributed by atoms with Gasteiger partial charge in [0.05, 0.1) is 6.04 Å². The van der Waals surface area contributed by atoms with Crippen molar-refractivity contribution in [3.8, 4) is 11.5 Å². The van der Waals surface area contributed by atoms with Crippen molar-refractivity contribution in [1.82, 2.24) is 25.0 Å². The number of H-pyrrole nitrogens is 1. The Morgan fingerprint density at radius 3 is 2.65 bits per heavy atom. The minimum atomic E-state index is -0.0364. The smallest absolute Gasteiger partial charge is 0.179 e. The summed E-state index contributed by atoms with van der Waals surface area (Å²) in [5, 5.41) is 11.9. The van der Waals surface area contributed by atoms with Gasteiger partial charge in [-0.05, 0) is 36.3 Å². The van der Waals surface area contributed by atoms with Crippen LogP contribution in [0.2, 0.25) is 0 Å². The molecule has 0 saturated carbocycles. The zero-order chi connectivity index (χ0) is 18.1.